The van der Waals surface area contributed by atoms with E-state index in [1.807, 2.05) is 0 Å². The number of rotatable bonds is 5. The maximum Gasteiger partial charge on any atom is 0.341 e. The molecule has 2 rings (SSSR count). The van der Waals surface area contributed by atoms with Crippen molar-refractivity contribution in [3.8, 4) is 0 Å². The second kappa shape index (κ2) is 7.28. The second-order valence-electron chi connectivity index (χ2n) is 4.85. The van der Waals surface area contributed by atoms with Gasteiger partial charge in [0, 0.05) is 16.2 Å². The Morgan fingerprint density at radius 1 is 1.43 bits per heavy atom. The molecular weight excluding hydrogens is 366 g/mol. The lowest BCUT2D eigenvalue weighted by molar-refractivity contribution is -0.124. The van der Waals surface area contributed by atoms with Crippen molar-refractivity contribution in [3.63, 3.8) is 0 Å². The second-order valence-corrected chi connectivity index (χ2v) is 5.76. The first-order valence-corrected chi connectivity index (χ1v) is 7.70. The van der Waals surface area contributed by atoms with Gasteiger partial charge >= 0.3 is 5.97 Å². The van der Waals surface area contributed by atoms with Gasteiger partial charge in [0.15, 0.2) is 11.9 Å². The molecule has 1 heterocycles. The van der Waals surface area contributed by atoms with Crippen molar-refractivity contribution in [2.75, 3.05) is 11.1 Å². The van der Waals surface area contributed by atoms with Crippen LogP contribution in [0.1, 0.15) is 29.5 Å². The van der Waals surface area contributed by atoms with Crippen molar-refractivity contribution in [3.05, 3.63) is 40.1 Å². The van der Waals surface area contributed by atoms with Gasteiger partial charge in [-0.05, 0) is 31.5 Å². The largest absolute Gasteiger partial charge is 0.449 e. The van der Waals surface area contributed by atoms with E-state index in [-0.39, 0.29) is 17.1 Å². The summed E-state index contributed by atoms with van der Waals surface area (Å²) in [5.74, 6) is -0.318. The predicted molar refractivity (Wildman–Crippen MR) is 87.9 cm³/mol. The number of nitrogens with two attached hydrogens (primary N) is 1. The van der Waals surface area contributed by atoms with Gasteiger partial charge in [-0.25, -0.2) is 4.79 Å². The number of nitrogens with one attached hydrogen (secondary N) is 1. The first-order valence-electron chi connectivity index (χ1n) is 6.91. The van der Waals surface area contributed by atoms with Gasteiger partial charge in [0.2, 0.25) is 0 Å². The monoisotopic (exact) mass is 381 g/mol. The Labute approximate surface area is 141 Å². The molecule has 7 nitrogen and oxygen atoms in total. The third-order valence-electron chi connectivity index (χ3n) is 3.03. The third kappa shape index (κ3) is 4.32. The highest BCUT2D eigenvalue weighted by molar-refractivity contribution is 9.10. The number of anilines is 2. The van der Waals surface area contributed by atoms with Crippen LogP contribution in [0.4, 0.5) is 11.5 Å². The van der Waals surface area contributed by atoms with Gasteiger partial charge < -0.3 is 20.3 Å². The average Bonchev–Trinajstić information content (AvgIpc) is 2.91. The molecular formula is C15H16BrN3O4. The highest BCUT2D eigenvalue weighted by Crippen LogP contribution is 2.20. The molecule has 0 saturated carbocycles. The van der Waals surface area contributed by atoms with Gasteiger partial charge in [-0.1, -0.05) is 28.0 Å². The Morgan fingerprint density at radius 3 is 2.78 bits per heavy atom. The van der Waals surface area contributed by atoms with Gasteiger partial charge in [0.05, 0.1) is 5.56 Å². The topological polar surface area (TPSA) is 107 Å². The summed E-state index contributed by atoms with van der Waals surface area (Å²) in [6.07, 6.45) is -0.652. The molecule has 0 radical (unpaired) electrons. The maximum absolute atomic E-state index is 12.2. The molecule has 2 aromatic rings. The molecule has 0 bridgehead atoms. The van der Waals surface area contributed by atoms with Crippen LogP contribution in [0.25, 0.3) is 0 Å². The molecule has 23 heavy (non-hydrogen) atoms. The third-order valence-corrected chi connectivity index (χ3v) is 3.52. The summed E-state index contributed by atoms with van der Waals surface area (Å²) in [6.45, 7) is 3.44. The van der Waals surface area contributed by atoms with E-state index in [1.54, 1.807) is 38.1 Å². The fraction of sp³-hybridized carbons (Fsp3) is 0.267. The van der Waals surface area contributed by atoms with Crippen LogP contribution in [-0.4, -0.2) is 23.1 Å². The van der Waals surface area contributed by atoms with E-state index in [9.17, 15) is 9.59 Å². The summed E-state index contributed by atoms with van der Waals surface area (Å²) >= 11 is 3.26. The number of carbonyl (C=O) groups is 2. The van der Waals surface area contributed by atoms with Crippen LogP contribution in [0.5, 0.6) is 0 Å². The number of halogens is 1. The summed E-state index contributed by atoms with van der Waals surface area (Å²) in [6, 6.07) is 6.41. The van der Waals surface area contributed by atoms with E-state index in [1.165, 1.54) is 0 Å². The van der Waals surface area contributed by atoms with Crippen LogP contribution in [-0.2, 0) is 9.53 Å². The number of hydrogen-bond donors (Lipinski definition) is 2. The van der Waals surface area contributed by atoms with Crippen LogP contribution in [0, 0.1) is 6.92 Å². The van der Waals surface area contributed by atoms with Gasteiger partial charge in [-0.2, -0.15) is 0 Å². The van der Waals surface area contributed by atoms with Crippen LogP contribution in [0.15, 0.2) is 33.3 Å². The molecule has 0 aliphatic carbocycles. The lowest BCUT2D eigenvalue weighted by Crippen LogP contribution is -2.32. The van der Waals surface area contributed by atoms with Crippen molar-refractivity contribution in [2.24, 2.45) is 0 Å². The molecule has 0 aliphatic rings. The van der Waals surface area contributed by atoms with Crippen LogP contribution >= 0.6 is 15.9 Å². The molecule has 8 heteroatoms. The minimum Gasteiger partial charge on any atom is -0.449 e. The lowest BCUT2D eigenvalue weighted by atomic mass is 10.2. The van der Waals surface area contributed by atoms with E-state index < -0.39 is 18.0 Å². The minimum atomic E-state index is -0.960. The van der Waals surface area contributed by atoms with Crippen LogP contribution in [0.2, 0.25) is 0 Å². The average molecular weight is 382 g/mol. The summed E-state index contributed by atoms with van der Waals surface area (Å²) in [7, 11) is 0. The number of hydrogen-bond acceptors (Lipinski definition) is 6. The van der Waals surface area contributed by atoms with Gasteiger partial charge in [0.25, 0.3) is 5.91 Å². The minimum absolute atomic E-state index is 0.197. The Balaban J connectivity index is 2.07. The number of esters is 1. The van der Waals surface area contributed by atoms with E-state index in [4.69, 9.17) is 15.0 Å². The van der Waals surface area contributed by atoms with Crippen molar-refractivity contribution >= 4 is 39.3 Å². The quantitative estimate of drug-likeness (QED) is 0.608. The zero-order chi connectivity index (χ0) is 17.0. The predicted octanol–water partition coefficient (Wildman–Crippen LogP) is 2.90. The SMILES string of the molecule is CCC(OC(=O)c1cc(Br)ccc1N)C(=O)Nc1cc(C)on1. The number of benzene rings is 1. The molecule has 1 atom stereocenters. The molecule has 1 aromatic heterocycles. The van der Waals surface area contributed by atoms with E-state index in [0.29, 0.717) is 16.7 Å². The smallest absolute Gasteiger partial charge is 0.341 e. The molecule has 0 fully saturated rings. The number of amides is 1. The van der Waals surface area contributed by atoms with Gasteiger partial charge in [-0.15, -0.1) is 0 Å². The fourth-order valence-electron chi connectivity index (χ4n) is 1.85. The number of ether oxygens (including phenoxy) is 1. The van der Waals surface area contributed by atoms with E-state index in [0.717, 1.165) is 0 Å². The van der Waals surface area contributed by atoms with Gasteiger partial charge in [-0.3, -0.25) is 4.79 Å². The molecule has 0 spiro atoms. The zero-order valence-electron chi connectivity index (χ0n) is 12.6. The summed E-state index contributed by atoms with van der Waals surface area (Å²) in [5.41, 5.74) is 6.24. The molecule has 1 amide bonds. The number of nitrogens with zero attached hydrogens (tertiary/aromatic N) is 1. The lowest BCUT2D eigenvalue weighted by Gasteiger charge is -2.15. The maximum atomic E-state index is 12.2. The normalized spacial score (nSPS) is 11.8. The van der Waals surface area contributed by atoms with Gasteiger partial charge in [0.1, 0.15) is 5.76 Å². The molecule has 122 valence electrons. The Morgan fingerprint density at radius 2 is 2.17 bits per heavy atom. The first kappa shape index (κ1) is 17.0. The Bertz CT molecular complexity index is 729. The van der Waals surface area contributed by atoms with E-state index >= 15 is 0 Å². The standard InChI is InChI=1S/C15H16BrN3O4/c1-3-12(14(20)18-13-6-8(2)23-19-13)22-15(21)10-7-9(16)4-5-11(10)17/h4-7,12H,3,17H2,1-2H3,(H,18,19,20). The summed E-state index contributed by atoms with van der Waals surface area (Å²) in [4.78, 5) is 24.4. The highest BCUT2D eigenvalue weighted by Gasteiger charge is 2.24. The zero-order valence-corrected chi connectivity index (χ0v) is 14.2. The van der Waals surface area contributed by atoms with Crippen LogP contribution < -0.4 is 11.1 Å². The molecule has 3 N–H and O–H groups in total. The summed E-state index contributed by atoms with van der Waals surface area (Å²) < 4.78 is 10.8. The number of carbonyl (C=O) groups excluding carboxylic acids is 2. The van der Waals surface area contributed by atoms with E-state index in [2.05, 4.69) is 26.4 Å². The van der Waals surface area contributed by atoms with Crippen molar-refractivity contribution in [1.82, 2.24) is 5.16 Å². The van der Waals surface area contributed by atoms with Crippen LogP contribution in [0.3, 0.4) is 0 Å². The molecule has 0 saturated heterocycles. The van der Waals surface area contributed by atoms with Crippen molar-refractivity contribution in [2.45, 2.75) is 26.4 Å². The number of nitrogen functional groups attached to an aromatic ring is 1. The highest BCUT2D eigenvalue weighted by atomic mass is 79.9. The number of aryl methyl sites for hydroxylation is 1. The molecule has 1 unspecified atom stereocenters. The molecule has 0 aliphatic heterocycles. The Hall–Kier alpha value is -2.35. The first-order chi connectivity index (χ1) is 10.9. The van der Waals surface area contributed by atoms with Crippen molar-refractivity contribution < 1.29 is 18.8 Å². The Kier molecular flexibility index (Phi) is 5.38. The van der Waals surface area contributed by atoms with Crippen molar-refractivity contribution in [1.29, 1.82) is 0 Å². The molecule has 1 aromatic carbocycles. The fourth-order valence-corrected chi connectivity index (χ4v) is 2.21. The number of aromatic nitrogens is 1. The summed E-state index contributed by atoms with van der Waals surface area (Å²) in [5, 5.41) is 6.20.